The van der Waals surface area contributed by atoms with Crippen molar-refractivity contribution in [2.75, 3.05) is 13.7 Å². The predicted octanol–water partition coefficient (Wildman–Crippen LogP) is 0.821. The van der Waals surface area contributed by atoms with Crippen LogP contribution < -0.4 is 5.32 Å². The van der Waals surface area contributed by atoms with E-state index in [2.05, 4.69) is 16.1 Å². The highest BCUT2D eigenvalue weighted by Gasteiger charge is 1.99. The Morgan fingerprint density at radius 1 is 1.60 bits per heavy atom. The zero-order chi connectivity index (χ0) is 11.1. The van der Waals surface area contributed by atoms with E-state index in [-0.39, 0.29) is 12.5 Å². The maximum Gasteiger partial charge on any atom is 0.319 e. The molecule has 1 aromatic carbocycles. The minimum atomic E-state index is -0.300. The third-order valence-electron chi connectivity index (χ3n) is 1.88. The van der Waals surface area contributed by atoms with Crippen molar-refractivity contribution in [2.45, 2.75) is 6.54 Å². The van der Waals surface area contributed by atoms with Crippen LogP contribution in [0.2, 0.25) is 0 Å². The molecule has 0 unspecified atom stereocenters. The molecule has 1 N–H and O–H groups in total. The van der Waals surface area contributed by atoms with Gasteiger partial charge in [-0.15, -0.1) is 0 Å². The van der Waals surface area contributed by atoms with Gasteiger partial charge in [-0.3, -0.25) is 4.79 Å². The van der Waals surface area contributed by atoms with Crippen molar-refractivity contribution >= 4 is 5.97 Å². The van der Waals surface area contributed by atoms with Crippen molar-refractivity contribution in [2.24, 2.45) is 0 Å². The van der Waals surface area contributed by atoms with E-state index in [9.17, 15) is 4.79 Å². The van der Waals surface area contributed by atoms with Crippen LogP contribution in [0.1, 0.15) is 11.1 Å². The Hall–Kier alpha value is -1.86. The number of nitrogens with one attached hydrogen (secondary N) is 1. The lowest BCUT2D eigenvalue weighted by molar-refractivity contribution is -0.139. The molecule has 4 heteroatoms. The third kappa shape index (κ3) is 3.79. The average molecular weight is 204 g/mol. The lowest BCUT2D eigenvalue weighted by Gasteiger charge is -2.03. The van der Waals surface area contributed by atoms with Crippen LogP contribution >= 0.6 is 0 Å². The SMILES string of the molecule is COC(=O)CNCc1cccc(C#N)c1. The third-order valence-corrected chi connectivity index (χ3v) is 1.88. The van der Waals surface area contributed by atoms with Crippen LogP contribution in [0.25, 0.3) is 0 Å². The summed E-state index contributed by atoms with van der Waals surface area (Å²) in [5.74, 6) is -0.300. The van der Waals surface area contributed by atoms with Gasteiger partial charge in [0.1, 0.15) is 0 Å². The van der Waals surface area contributed by atoms with Gasteiger partial charge in [0.15, 0.2) is 0 Å². The van der Waals surface area contributed by atoms with E-state index in [0.717, 1.165) is 5.56 Å². The van der Waals surface area contributed by atoms with Gasteiger partial charge in [0, 0.05) is 6.54 Å². The zero-order valence-electron chi connectivity index (χ0n) is 8.49. The number of hydrogen-bond acceptors (Lipinski definition) is 4. The lowest BCUT2D eigenvalue weighted by Crippen LogP contribution is -2.23. The molecule has 0 radical (unpaired) electrons. The van der Waals surface area contributed by atoms with Gasteiger partial charge in [0.05, 0.1) is 25.3 Å². The number of benzene rings is 1. The van der Waals surface area contributed by atoms with Gasteiger partial charge < -0.3 is 10.1 Å². The predicted molar refractivity (Wildman–Crippen MR) is 54.9 cm³/mol. The first-order chi connectivity index (χ1) is 7.26. The number of ether oxygens (including phenoxy) is 1. The monoisotopic (exact) mass is 204 g/mol. The van der Waals surface area contributed by atoms with Crippen molar-refractivity contribution < 1.29 is 9.53 Å². The Morgan fingerprint density at radius 3 is 3.07 bits per heavy atom. The number of nitriles is 1. The molecule has 0 spiro atoms. The fraction of sp³-hybridized carbons (Fsp3) is 0.273. The molecule has 0 aromatic heterocycles. The number of hydrogen-bond donors (Lipinski definition) is 1. The summed E-state index contributed by atoms with van der Waals surface area (Å²) >= 11 is 0. The topological polar surface area (TPSA) is 62.1 Å². The molecule has 0 aliphatic rings. The molecule has 0 bridgehead atoms. The molecule has 0 fully saturated rings. The highest BCUT2D eigenvalue weighted by atomic mass is 16.5. The molecule has 0 amide bonds. The van der Waals surface area contributed by atoms with Crippen LogP contribution in [0.4, 0.5) is 0 Å². The summed E-state index contributed by atoms with van der Waals surface area (Å²) in [6.45, 7) is 0.720. The molecule has 15 heavy (non-hydrogen) atoms. The first-order valence-corrected chi connectivity index (χ1v) is 4.53. The molecule has 1 rings (SSSR count). The molecule has 0 heterocycles. The van der Waals surface area contributed by atoms with Gasteiger partial charge in [0.2, 0.25) is 0 Å². The second-order valence-corrected chi connectivity index (χ2v) is 2.99. The van der Waals surface area contributed by atoms with Crippen molar-refractivity contribution in [3.05, 3.63) is 35.4 Å². The number of methoxy groups -OCH3 is 1. The van der Waals surface area contributed by atoms with Gasteiger partial charge >= 0.3 is 5.97 Å². The maximum absolute atomic E-state index is 10.8. The largest absolute Gasteiger partial charge is 0.468 e. The van der Waals surface area contributed by atoms with E-state index in [1.54, 1.807) is 12.1 Å². The molecule has 0 aliphatic heterocycles. The van der Waals surface area contributed by atoms with Gasteiger partial charge in [-0.1, -0.05) is 12.1 Å². The second kappa shape index (κ2) is 5.78. The van der Waals surface area contributed by atoms with E-state index in [1.165, 1.54) is 7.11 Å². The number of rotatable bonds is 4. The van der Waals surface area contributed by atoms with E-state index < -0.39 is 0 Å². The van der Waals surface area contributed by atoms with E-state index >= 15 is 0 Å². The number of nitrogens with zero attached hydrogens (tertiary/aromatic N) is 1. The average Bonchev–Trinajstić information content (AvgIpc) is 2.29. The van der Waals surface area contributed by atoms with E-state index in [4.69, 9.17) is 5.26 Å². The summed E-state index contributed by atoms with van der Waals surface area (Å²) in [5, 5.41) is 11.6. The quantitative estimate of drug-likeness (QED) is 0.737. The zero-order valence-corrected chi connectivity index (χ0v) is 8.49. The summed E-state index contributed by atoms with van der Waals surface area (Å²) in [7, 11) is 1.35. The first-order valence-electron chi connectivity index (χ1n) is 4.53. The molecular weight excluding hydrogens is 192 g/mol. The second-order valence-electron chi connectivity index (χ2n) is 2.99. The summed E-state index contributed by atoms with van der Waals surface area (Å²) in [4.78, 5) is 10.8. The molecule has 4 nitrogen and oxygen atoms in total. The lowest BCUT2D eigenvalue weighted by atomic mass is 10.1. The minimum absolute atomic E-state index is 0.174. The van der Waals surface area contributed by atoms with Crippen molar-refractivity contribution in [1.29, 1.82) is 5.26 Å². The molecular formula is C11H12N2O2. The Balaban J connectivity index is 2.44. The molecule has 0 saturated carbocycles. The van der Waals surface area contributed by atoms with Crippen LogP contribution in [0.3, 0.4) is 0 Å². The van der Waals surface area contributed by atoms with Crippen molar-refractivity contribution in [3.63, 3.8) is 0 Å². The van der Waals surface area contributed by atoms with Crippen molar-refractivity contribution in [3.8, 4) is 6.07 Å². The number of carbonyl (C=O) groups is 1. The van der Waals surface area contributed by atoms with Crippen LogP contribution in [0, 0.1) is 11.3 Å². The standard InChI is InChI=1S/C11H12N2O2/c1-15-11(14)8-13-7-10-4-2-3-9(5-10)6-12/h2-5,13H,7-8H2,1H3. The Kier molecular flexibility index (Phi) is 4.32. The fourth-order valence-electron chi connectivity index (χ4n) is 1.13. The molecule has 0 aliphatic carbocycles. The van der Waals surface area contributed by atoms with Crippen LogP contribution in [-0.4, -0.2) is 19.6 Å². The highest BCUT2D eigenvalue weighted by Crippen LogP contribution is 2.03. The van der Waals surface area contributed by atoms with E-state index in [1.807, 2.05) is 12.1 Å². The molecule has 1 aromatic rings. The normalized spacial score (nSPS) is 9.33. The minimum Gasteiger partial charge on any atom is -0.468 e. The Bertz CT molecular complexity index is 382. The van der Waals surface area contributed by atoms with Crippen LogP contribution in [0.5, 0.6) is 0 Å². The van der Waals surface area contributed by atoms with Gasteiger partial charge in [-0.2, -0.15) is 5.26 Å². The number of carbonyl (C=O) groups excluding carboxylic acids is 1. The molecule has 78 valence electrons. The summed E-state index contributed by atoms with van der Waals surface area (Å²) in [6, 6.07) is 9.29. The maximum atomic E-state index is 10.8. The van der Waals surface area contributed by atoms with Crippen LogP contribution in [-0.2, 0) is 16.1 Å². The van der Waals surface area contributed by atoms with Gasteiger partial charge in [0.25, 0.3) is 0 Å². The fourth-order valence-corrected chi connectivity index (χ4v) is 1.13. The van der Waals surface area contributed by atoms with Crippen LogP contribution in [0.15, 0.2) is 24.3 Å². The van der Waals surface area contributed by atoms with Crippen molar-refractivity contribution in [1.82, 2.24) is 5.32 Å². The summed E-state index contributed by atoms with van der Waals surface area (Å²) in [6.07, 6.45) is 0. The summed E-state index contributed by atoms with van der Waals surface area (Å²) < 4.78 is 4.48. The Labute approximate surface area is 88.5 Å². The van der Waals surface area contributed by atoms with Gasteiger partial charge in [-0.25, -0.2) is 0 Å². The van der Waals surface area contributed by atoms with E-state index in [0.29, 0.717) is 12.1 Å². The number of esters is 1. The Morgan fingerprint density at radius 2 is 2.40 bits per heavy atom. The smallest absolute Gasteiger partial charge is 0.319 e. The molecule has 0 atom stereocenters. The molecule has 0 saturated heterocycles. The first kappa shape index (κ1) is 11.2. The highest BCUT2D eigenvalue weighted by molar-refractivity contribution is 5.71. The summed E-state index contributed by atoms with van der Waals surface area (Å²) in [5.41, 5.74) is 1.59. The van der Waals surface area contributed by atoms with Gasteiger partial charge in [-0.05, 0) is 17.7 Å².